The van der Waals surface area contributed by atoms with Crippen LogP contribution in [0.3, 0.4) is 0 Å². The van der Waals surface area contributed by atoms with E-state index in [0.29, 0.717) is 20.1 Å². The molecule has 0 aliphatic heterocycles. The Morgan fingerprint density at radius 2 is 0.750 bits per heavy atom. The van der Waals surface area contributed by atoms with Gasteiger partial charge in [-0.15, -0.1) is 0 Å². The highest BCUT2D eigenvalue weighted by molar-refractivity contribution is 6.43. The molecule has 0 saturated carbocycles. The number of fused-ring (bicyclic) bond motifs is 4. The normalized spacial score (nSPS) is 13.3. The lowest BCUT2D eigenvalue weighted by Crippen LogP contribution is -2.00. The molecule has 4 heteroatoms. The van der Waals surface area contributed by atoms with Crippen molar-refractivity contribution in [2.75, 3.05) is 0 Å². The lowest BCUT2D eigenvalue weighted by molar-refractivity contribution is 0.957. The van der Waals surface area contributed by atoms with E-state index in [1.54, 1.807) is 0 Å². The molecule has 0 unspecified atom stereocenters. The Morgan fingerprint density at radius 1 is 0.429 bits per heavy atom. The molecule has 138 valence electrons. The first kappa shape index (κ1) is 18.3. The van der Waals surface area contributed by atoms with Gasteiger partial charge in [-0.2, -0.15) is 0 Å². The fourth-order valence-corrected chi connectivity index (χ4v) is 4.60. The van der Waals surface area contributed by atoms with Gasteiger partial charge in [0, 0.05) is 0 Å². The van der Waals surface area contributed by atoms with Crippen molar-refractivity contribution in [2.24, 2.45) is 0 Å². The molecule has 0 nitrogen and oxygen atoms in total. The Balaban J connectivity index is 1.66. The van der Waals surface area contributed by atoms with Crippen molar-refractivity contribution in [3.05, 3.63) is 90.9 Å². The van der Waals surface area contributed by atoms with Gasteiger partial charge >= 0.3 is 0 Å². The van der Waals surface area contributed by atoms with Gasteiger partial charge in [-0.3, -0.25) is 0 Å². The van der Waals surface area contributed by atoms with Crippen LogP contribution in [0.25, 0.3) is 33.7 Å². The first-order valence-electron chi connectivity index (χ1n) is 8.99. The zero-order valence-electron chi connectivity index (χ0n) is 14.7. The van der Waals surface area contributed by atoms with Crippen molar-refractivity contribution >= 4 is 80.1 Å². The second kappa shape index (κ2) is 6.97. The summed E-state index contributed by atoms with van der Waals surface area (Å²) in [5.74, 6) is 0. The Hall–Kier alpha value is -1.70. The third-order valence-corrected chi connectivity index (χ3v) is 6.83. The van der Waals surface area contributed by atoms with Gasteiger partial charge in [0.1, 0.15) is 0 Å². The molecule has 0 radical (unpaired) electrons. The molecular weight excluding hydrogens is 430 g/mol. The van der Waals surface area contributed by atoms with Crippen molar-refractivity contribution in [2.45, 2.75) is 12.8 Å². The van der Waals surface area contributed by atoms with Crippen molar-refractivity contribution in [3.63, 3.8) is 0 Å². The van der Waals surface area contributed by atoms with Crippen LogP contribution in [0.5, 0.6) is 0 Å². The fourth-order valence-electron chi connectivity index (χ4n) is 3.91. The number of aryl methyl sites for hydroxylation is 2. The predicted molar refractivity (Wildman–Crippen MR) is 124 cm³/mol. The minimum atomic E-state index is 0.580. The Morgan fingerprint density at radius 3 is 1.11 bits per heavy atom. The Labute approximate surface area is 183 Å². The third kappa shape index (κ3) is 3.19. The summed E-state index contributed by atoms with van der Waals surface area (Å²) in [6, 6.07) is 16.6. The molecule has 0 amide bonds. The van der Waals surface area contributed by atoms with Crippen LogP contribution in [0.4, 0.5) is 0 Å². The van der Waals surface area contributed by atoms with E-state index in [1.807, 2.05) is 24.3 Å². The van der Waals surface area contributed by atoms with Crippen LogP contribution < -0.4 is 0 Å². The lowest BCUT2D eigenvalue weighted by atomic mass is 9.90. The van der Waals surface area contributed by atoms with Gasteiger partial charge in [-0.25, -0.2) is 0 Å². The molecular formula is C24H14Cl4. The smallest absolute Gasteiger partial charge is 0.0598 e. The lowest BCUT2D eigenvalue weighted by Gasteiger charge is -2.16. The van der Waals surface area contributed by atoms with E-state index in [-0.39, 0.29) is 0 Å². The van der Waals surface area contributed by atoms with Crippen molar-refractivity contribution in [3.8, 4) is 0 Å². The van der Waals surface area contributed by atoms with Crippen LogP contribution in [0.1, 0.15) is 22.3 Å². The number of rotatable bonds is 0. The molecule has 0 atom stereocenters. The van der Waals surface area contributed by atoms with Crippen LogP contribution in [0.2, 0.25) is 20.1 Å². The summed E-state index contributed by atoms with van der Waals surface area (Å²) in [4.78, 5) is 0. The van der Waals surface area contributed by atoms with Crippen LogP contribution in [0.15, 0.2) is 48.5 Å². The average Bonchev–Trinajstić information content (AvgIpc) is 2.65. The molecule has 1 aliphatic rings. The van der Waals surface area contributed by atoms with Gasteiger partial charge in [0.15, 0.2) is 0 Å². The number of hydrogen-bond donors (Lipinski definition) is 0. The van der Waals surface area contributed by atoms with Gasteiger partial charge < -0.3 is 0 Å². The summed E-state index contributed by atoms with van der Waals surface area (Å²) in [6.45, 7) is 0. The van der Waals surface area contributed by atoms with Crippen LogP contribution in [-0.2, 0) is 12.8 Å². The summed E-state index contributed by atoms with van der Waals surface area (Å²) in [5, 5.41) is 6.75. The van der Waals surface area contributed by atoms with Gasteiger partial charge in [0.05, 0.1) is 20.1 Å². The first-order valence-corrected chi connectivity index (χ1v) is 10.5. The minimum absolute atomic E-state index is 0.580. The van der Waals surface area contributed by atoms with Gasteiger partial charge in [0.2, 0.25) is 0 Å². The zero-order valence-corrected chi connectivity index (χ0v) is 17.7. The minimum Gasteiger partial charge on any atom is -0.0827 e. The molecule has 0 saturated heterocycles. The number of benzene rings is 4. The second-order valence-electron chi connectivity index (χ2n) is 7.16. The predicted octanol–water partition coefficient (Wildman–Crippen LogP) is 8.88. The van der Waals surface area contributed by atoms with Gasteiger partial charge in [-0.05, 0) is 93.0 Å². The number of halogens is 4. The number of hydrogen-bond acceptors (Lipinski definition) is 0. The summed E-state index contributed by atoms with van der Waals surface area (Å²) in [5.41, 5.74) is 5.04. The molecule has 0 aromatic heterocycles. The summed E-state index contributed by atoms with van der Waals surface area (Å²) < 4.78 is 0. The monoisotopic (exact) mass is 442 g/mol. The average molecular weight is 444 g/mol. The van der Waals surface area contributed by atoms with Gasteiger partial charge in [0.25, 0.3) is 0 Å². The maximum absolute atomic E-state index is 6.21. The molecule has 0 bridgehead atoms. The van der Waals surface area contributed by atoms with E-state index >= 15 is 0 Å². The highest BCUT2D eigenvalue weighted by atomic mass is 35.5. The SMILES string of the molecule is Clc1cc2cc3c(cc2cc1Cl)CCc1cc2cc(Cl)c(Cl)cc2cc1C=C3. The van der Waals surface area contributed by atoms with Crippen LogP contribution in [0, 0.1) is 0 Å². The quantitative estimate of drug-likeness (QED) is 0.254. The van der Waals surface area contributed by atoms with E-state index in [0.717, 1.165) is 34.4 Å². The van der Waals surface area contributed by atoms with E-state index in [1.165, 1.54) is 22.3 Å². The molecule has 0 N–H and O–H groups in total. The van der Waals surface area contributed by atoms with Crippen molar-refractivity contribution in [1.82, 2.24) is 0 Å². The molecule has 0 spiro atoms. The second-order valence-corrected chi connectivity index (χ2v) is 8.79. The maximum Gasteiger partial charge on any atom is 0.0598 e. The third-order valence-electron chi connectivity index (χ3n) is 5.38. The molecule has 0 fully saturated rings. The maximum atomic E-state index is 6.21. The Kier molecular flexibility index (Phi) is 4.56. The highest BCUT2D eigenvalue weighted by Crippen LogP contribution is 2.34. The van der Waals surface area contributed by atoms with Crippen LogP contribution >= 0.6 is 46.4 Å². The zero-order chi connectivity index (χ0) is 19.4. The molecule has 1 aliphatic carbocycles. The standard InChI is InChI=1S/C24H14Cl4/c25-21-9-17-5-13-1-2-14-6-18-10-22(26)24(28)12-20(18)8-16(14)4-3-15(13)7-19(17)11-23(21)27/h1-2,5-12H,3-4H2. The Bertz CT molecular complexity index is 1200. The van der Waals surface area contributed by atoms with E-state index in [2.05, 4.69) is 36.4 Å². The van der Waals surface area contributed by atoms with E-state index < -0.39 is 0 Å². The highest BCUT2D eigenvalue weighted by Gasteiger charge is 2.12. The molecule has 5 rings (SSSR count). The topological polar surface area (TPSA) is 0 Å². The molecule has 0 heterocycles. The van der Waals surface area contributed by atoms with Crippen LogP contribution in [-0.4, -0.2) is 0 Å². The first-order chi connectivity index (χ1) is 13.5. The van der Waals surface area contributed by atoms with Gasteiger partial charge in [-0.1, -0.05) is 70.7 Å². The molecule has 4 aromatic rings. The fraction of sp³-hybridized carbons (Fsp3) is 0.0833. The van der Waals surface area contributed by atoms with Crippen molar-refractivity contribution < 1.29 is 0 Å². The van der Waals surface area contributed by atoms with Crippen molar-refractivity contribution in [1.29, 1.82) is 0 Å². The molecule has 28 heavy (non-hydrogen) atoms. The largest absolute Gasteiger partial charge is 0.0827 e. The molecule has 4 aromatic carbocycles. The summed E-state index contributed by atoms with van der Waals surface area (Å²) in [7, 11) is 0. The summed E-state index contributed by atoms with van der Waals surface area (Å²) in [6.07, 6.45) is 6.27. The summed E-state index contributed by atoms with van der Waals surface area (Å²) >= 11 is 24.8. The van der Waals surface area contributed by atoms with E-state index in [4.69, 9.17) is 46.4 Å². The van der Waals surface area contributed by atoms with E-state index in [9.17, 15) is 0 Å².